The largest absolute Gasteiger partial charge is 0.508 e. The first-order valence-electron chi connectivity index (χ1n) is 15.4. The smallest absolute Gasteiger partial charge is 0.338 e. The number of aliphatic hydroxyl groups excluding tert-OH is 1. The van der Waals surface area contributed by atoms with E-state index in [0.717, 1.165) is 42.5 Å². The number of benzene rings is 4. The second kappa shape index (κ2) is 12.1. The maximum Gasteiger partial charge on any atom is 0.338 e. The minimum absolute atomic E-state index is 0.0344. The summed E-state index contributed by atoms with van der Waals surface area (Å²) < 4.78 is 17.8. The Morgan fingerprint density at radius 3 is 1.79 bits per heavy atom. The summed E-state index contributed by atoms with van der Waals surface area (Å²) in [7, 11) is 0. The van der Waals surface area contributed by atoms with Crippen LogP contribution in [0.15, 0.2) is 59.4 Å². The maximum absolute atomic E-state index is 13.5. The number of hydrogen-bond acceptors (Lipinski definition) is 16. The van der Waals surface area contributed by atoms with Gasteiger partial charge in [-0.1, -0.05) is 0 Å². The monoisotopic (exact) mass is 716 g/mol. The minimum Gasteiger partial charge on any atom is -0.508 e. The van der Waals surface area contributed by atoms with Gasteiger partial charge in [0.1, 0.15) is 40.6 Å². The van der Waals surface area contributed by atoms with Crippen LogP contribution in [0.5, 0.6) is 69.0 Å². The molecule has 2 aliphatic heterocycles. The average molecular weight is 717 g/mol. The summed E-state index contributed by atoms with van der Waals surface area (Å²) in [6, 6.07) is 9.16. The number of rotatable bonds is 4. The Bertz CT molecular complexity index is 2370. The molecule has 0 bridgehead atoms. The number of phenols is 9. The van der Waals surface area contributed by atoms with Crippen LogP contribution in [0.4, 0.5) is 0 Å². The Morgan fingerprint density at radius 1 is 0.615 bits per heavy atom. The third-order valence-corrected chi connectivity index (χ3v) is 8.98. The molecule has 52 heavy (non-hydrogen) atoms. The van der Waals surface area contributed by atoms with Crippen LogP contribution in [-0.2, 0) is 17.6 Å². The molecule has 2 aliphatic rings. The Labute approximate surface area is 290 Å². The first-order chi connectivity index (χ1) is 24.6. The van der Waals surface area contributed by atoms with Crippen LogP contribution >= 0.6 is 0 Å². The molecule has 0 amide bonds. The van der Waals surface area contributed by atoms with Crippen LogP contribution in [-0.4, -0.2) is 74.3 Å². The summed E-state index contributed by atoms with van der Waals surface area (Å²) in [5, 5.41) is 114. The number of esters is 1. The Morgan fingerprint density at radius 2 is 1.17 bits per heavy atom. The van der Waals surface area contributed by atoms with E-state index in [1.807, 2.05) is 0 Å². The molecular formula is C36H28O16. The van der Waals surface area contributed by atoms with Crippen molar-refractivity contribution in [2.24, 2.45) is 0 Å². The lowest BCUT2D eigenvalue weighted by Crippen LogP contribution is -2.35. The fourth-order valence-electron chi connectivity index (χ4n) is 6.53. The SMILES string of the molecule is O=C(O[C@H]1Cc2c(O)cc(O)cc2O[C@H]1c1cc(=O)c(O)c2c(O)c(O)cc([C@H]3Oc4cc(O)cc(O)c4C[C@H]3O)c2c1)c1cc(O)c(O)c(O)c1. The van der Waals surface area contributed by atoms with E-state index in [0.29, 0.717) is 0 Å². The molecular weight excluding hydrogens is 688 g/mol. The number of carbonyl (C=O) groups excluding carboxylic acids is 1. The van der Waals surface area contributed by atoms with Gasteiger partial charge >= 0.3 is 5.97 Å². The van der Waals surface area contributed by atoms with Gasteiger partial charge in [0.15, 0.2) is 46.7 Å². The van der Waals surface area contributed by atoms with Crippen LogP contribution in [0.3, 0.4) is 0 Å². The topological polar surface area (TPSA) is 284 Å². The molecule has 0 aromatic heterocycles. The Kier molecular flexibility index (Phi) is 7.83. The molecule has 7 rings (SSSR count). The zero-order chi connectivity index (χ0) is 37.3. The second-order valence-corrected chi connectivity index (χ2v) is 12.4. The predicted molar refractivity (Wildman–Crippen MR) is 176 cm³/mol. The Balaban J connectivity index is 1.41. The normalized spacial score (nSPS) is 19.2. The van der Waals surface area contributed by atoms with Crippen molar-refractivity contribution in [1.29, 1.82) is 0 Å². The van der Waals surface area contributed by atoms with E-state index in [4.69, 9.17) is 14.2 Å². The molecule has 0 aliphatic carbocycles. The van der Waals surface area contributed by atoms with Gasteiger partial charge < -0.3 is 70.4 Å². The van der Waals surface area contributed by atoms with Gasteiger partial charge in [-0.05, 0) is 35.7 Å². The summed E-state index contributed by atoms with van der Waals surface area (Å²) in [4.78, 5) is 26.8. The average Bonchev–Trinajstić information content (AvgIpc) is 3.20. The summed E-state index contributed by atoms with van der Waals surface area (Å²) in [5.41, 5.74) is -1.52. The molecule has 11 N–H and O–H groups in total. The number of fused-ring (bicyclic) bond motifs is 3. The van der Waals surface area contributed by atoms with Crippen molar-refractivity contribution < 1.29 is 75.2 Å². The molecule has 4 atom stereocenters. The van der Waals surface area contributed by atoms with Gasteiger partial charge in [-0.3, -0.25) is 4.79 Å². The van der Waals surface area contributed by atoms with E-state index in [1.165, 1.54) is 12.1 Å². The molecule has 16 heteroatoms. The van der Waals surface area contributed by atoms with E-state index in [2.05, 4.69) is 0 Å². The predicted octanol–water partition coefficient (Wildman–Crippen LogP) is 3.19. The summed E-state index contributed by atoms with van der Waals surface area (Å²) in [6.07, 6.45) is -6.29. The van der Waals surface area contributed by atoms with E-state index >= 15 is 0 Å². The van der Waals surface area contributed by atoms with Crippen molar-refractivity contribution >= 4 is 16.7 Å². The van der Waals surface area contributed by atoms with Crippen LogP contribution in [0, 0.1) is 0 Å². The van der Waals surface area contributed by atoms with Crippen LogP contribution in [0.1, 0.15) is 44.8 Å². The van der Waals surface area contributed by atoms with E-state index in [9.17, 15) is 65.8 Å². The Hall–Kier alpha value is -6.94. The van der Waals surface area contributed by atoms with E-state index in [1.54, 1.807) is 0 Å². The van der Waals surface area contributed by atoms with Gasteiger partial charge in [0, 0.05) is 59.4 Å². The van der Waals surface area contributed by atoms with Gasteiger partial charge in [0.25, 0.3) is 0 Å². The summed E-state index contributed by atoms with van der Waals surface area (Å²) in [5.74, 6) is -8.22. The van der Waals surface area contributed by atoms with Crippen LogP contribution in [0.2, 0.25) is 0 Å². The highest BCUT2D eigenvalue weighted by molar-refractivity contribution is 5.97. The number of ether oxygens (including phenoxy) is 3. The van der Waals surface area contributed by atoms with E-state index < -0.39 is 92.8 Å². The number of phenolic OH excluding ortho intramolecular Hbond substituents is 9. The quantitative estimate of drug-likeness (QED) is 0.0940. The molecule has 0 saturated heterocycles. The van der Waals surface area contributed by atoms with Crippen LogP contribution in [0.25, 0.3) is 10.8 Å². The first kappa shape index (κ1) is 33.6. The van der Waals surface area contributed by atoms with Crippen LogP contribution < -0.4 is 14.9 Å². The second-order valence-electron chi connectivity index (χ2n) is 12.4. The van der Waals surface area contributed by atoms with Crippen molar-refractivity contribution in [3.63, 3.8) is 0 Å². The van der Waals surface area contributed by atoms with Gasteiger partial charge in [-0.25, -0.2) is 4.79 Å². The number of aromatic hydroxyl groups is 10. The molecule has 16 nitrogen and oxygen atoms in total. The lowest BCUT2D eigenvalue weighted by atomic mass is 9.90. The van der Waals surface area contributed by atoms with Crippen molar-refractivity contribution in [3.8, 4) is 69.0 Å². The molecule has 0 unspecified atom stereocenters. The molecule has 5 aromatic carbocycles. The third kappa shape index (κ3) is 5.56. The van der Waals surface area contributed by atoms with Gasteiger partial charge in [-0.2, -0.15) is 0 Å². The first-order valence-corrected chi connectivity index (χ1v) is 15.4. The number of aliphatic hydroxyl groups is 1. The molecule has 0 spiro atoms. The fourth-order valence-corrected chi connectivity index (χ4v) is 6.53. The third-order valence-electron chi connectivity index (χ3n) is 8.98. The molecule has 0 radical (unpaired) electrons. The summed E-state index contributed by atoms with van der Waals surface area (Å²) in [6.45, 7) is 0. The molecule has 268 valence electrons. The van der Waals surface area contributed by atoms with Crippen molar-refractivity contribution in [2.45, 2.75) is 37.3 Å². The molecule has 2 heterocycles. The lowest BCUT2D eigenvalue weighted by molar-refractivity contribution is -0.0188. The van der Waals surface area contributed by atoms with Gasteiger partial charge in [0.05, 0.1) is 17.1 Å². The van der Waals surface area contributed by atoms with Gasteiger partial charge in [-0.15, -0.1) is 0 Å². The lowest BCUT2D eigenvalue weighted by Gasteiger charge is -2.34. The number of carbonyl (C=O) groups is 1. The maximum atomic E-state index is 13.5. The fraction of sp³-hybridized carbons (Fsp3) is 0.167. The zero-order valence-electron chi connectivity index (χ0n) is 26.4. The molecule has 0 saturated carbocycles. The molecule has 5 aromatic rings. The van der Waals surface area contributed by atoms with E-state index in [-0.39, 0.29) is 63.5 Å². The molecule has 0 fully saturated rings. The number of hydrogen-bond donors (Lipinski definition) is 11. The summed E-state index contributed by atoms with van der Waals surface area (Å²) >= 11 is 0. The highest BCUT2D eigenvalue weighted by Gasteiger charge is 2.39. The standard InChI is InChI=1S/C36H28O16/c37-14-5-20(39)18-10-26(45)35(51-27(18)7-14)17-9-25(44)33(48)30-16(17)1-12(2-24(43)32(30)47)34-29(11-19-21(40)6-15(38)8-28(19)50-34)52-36(49)13-3-22(41)31(46)23(42)4-13/h1-9,26,29,34-35,37-42,44-46,48H,10-11H2,(H,43,47)/t26-,29+,34+,35-/m1/s1. The highest BCUT2D eigenvalue weighted by Crippen LogP contribution is 2.49. The highest BCUT2D eigenvalue weighted by atomic mass is 16.6. The zero-order valence-corrected chi connectivity index (χ0v) is 26.4. The van der Waals surface area contributed by atoms with Crippen molar-refractivity contribution in [3.05, 3.63) is 92.6 Å². The van der Waals surface area contributed by atoms with Gasteiger partial charge in [0.2, 0.25) is 5.43 Å². The van der Waals surface area contributed by atoms with Crippen molar-refractivity contribution in [1.82, 2.24) is 0 Å². The van der Waals surface area contributed by atoms with Crippen molar-refractivity contribution in [2.75, 3.05) is 0 Å². The minimum atomic E-state index is -1.49.